The van der Waals surface area contributed by atoms with Gasteiger partial charge in [-0.15, -0.1) is 0 Å². The third kappa shape index (κ3) is 3.91. The first-order valence-electron chi connectivity index (χ1n) is 9.79. The van der Waals surface area contributed by atoms with Crippen LogP contribution in [0.2, 0.25) is 5.02 Å². The summed E-state index contributed by atoms with van der Waals surface area (Å²) in [6.07, 6.45) is 6.20. The number of nitrogens with one attached hydrogen (secondary N) is 2. The maximum absolute atomic E-state index is 8.43. The lowest BCUT2D eigenvalue weighted by Crippen LogP contribution is -2.34. The van der Waals surface area contributed by atoms with E-state index in [0.29, 0.717) is 27.7 Å². The Balaban J connectivity index is 1.94. The molecule has 4 rings (SSSR count). The van der Waals surface area contributed by atoms with Gasteiger partial charge in [-0.2, -0.15) is 0 Å². The van der Waals surface area contributed by atoms with Crippen LogP contribution in [0, 0.1) is 11.3 Å². The van der Waals surface area contributed by atoms with E-state index < -0.39 is 0 Å². The van der Waals surface area contributed by atoms with Crippen LogP contribution in [0.1, 0.15) is 25.5 Å². The SMILES string of the molecule is C/C(N)=c1\nc(-c2ccccc2Cl)c2c(nc1=N)C=C(C1CCN(C)CC1)NC=2. The molecule has 4 N–H and O–H groups in total. The van der Waals surface area contributed by atoms with E-state index in [0.717, 1.165) is 48.1 Å². The summed E-state index contributed by atoms with van der Waals surface area (Å²) in [5.74, 6) is 0.455. The van der Waals surface area contributed by atoms with Gasteiger partial charge in [-0.25, -0.2) is 9.97 Å². The number of allylic oxidation sites excluding steroid dienone is 1. The van der Waals surface area contributed by atoms with Gasteiger partial charge in [0.1, 0.15) is 5.35 Å². The first kappa shape index (κ1) is 19.6. The van der Waals surface area contributed by atoms with Crippen LogP contribution in [0.15, 0.2) is 30.0 Å². The number of hydrogen-bond acceptors (Lipinski definition) is 6. The Morgan fingerprint density at radius 1 is 1.24 bits per heavy atom. The summed E-state index contributed by atoms with van der Waals surface area (Å²) in [6.45, 7) is 3.89. The molecule has 0 amide bonds. The van der Waals surface area contributed by atoms with Crippen molar-refractivity contribution in [3.05, 3.63) is 56.7 Å². The molecule has 1 saturated heterocycles. The van der Waals surface area contributed by atoms with Gasteiger partial charge >= 0.3 is 0 Å². The molecule has 1 fully saturated rings. The molecule has 6 nitrogen and oxygen atoms in total. The maximum Gasteiger partial charge on any atom is 0.173 e. The topological polar surface area (TPSA) is 90.9 Å². The molecule has 1 aromatic carbocycles. The third-order valence-electron chi connectivity index (χ3n) is 5.55. The van der Waals surface area contributed by atoms with Crippen LogP contribution in [0.3, 0.4) is 0 Å². The second-order valence-electron chi connectivity index (χ2n) is 7.70. The summed E-state index contributed by atoms with van der Waals surface area (Å²) in [7, 11) is 2.16. The molecular weight excluding hydrogens is 384 g/mol. The first-order valence-corrected chi connectivity index (χ1v) is 10.2. The summed E-state index contributed by atoms with van der Waals surface area (Å²) < 4.78 is 0. The van der Waals surface area contributed by atoms with Crippen LogP contribution < -0.4 is 27.1 Å². The van der Waals surface area contributed by atoms with Gasteiger partial charge in [-0.05, 0) is 52.0 Å². The number of nitrogens with zero attached hydrogens (tertiary/aromatic N) is 3. The van der Waals surface area contributed by atoms with Gasteiger partial charge in [-0.1, -0.05) is 29.8 Å². The van der Waals surface area contributed by atoms with E-state index in [2.05, 4.69) is 28.3 Å². The van der Waals surface area contributed by atoms with Crippen molar-refractivity contribution in [2.24, 2.45) is 11.7 Å². The summed E-state index contributed by atoms with van der Waals surface area (Å²) in [6, 6.07) is 7.57. The van der Waals surface area contributed by atoms with Crippen molar-refractivity contribution in [3.8, 4) is 11.3 Å². The maximum atomic E-state index is 8.43. The van der Waals surface area contributed by atoms with E-state index >= 15 is 0 Å². The van der Waals surface area contributed by atoms with E-state index in [1.165, 1.54) is 0 Å². The van der Waals surface area contributed by atoms with Crippen molar-refractivity contribution in [1.82, 2.24) is 20.2 Å². The van der Waals surface area contributed by atoms with E-state index in [-0.39, 0.29) is 5.49 Å². The number of rotatable bonds is 2. The summed E-state index contributed by atoms with van der Waals surface area (Å²) in [5.41, 5.74) is 9.87. The fraction of sp³-hybridized carbons (Fsp3) is 0.318. The lowest BCUT2D eigenvalue weighted by molar-refractivity contribution is 0.236. The van der Waals surface area contributed by atoms with Crippen LogP contribution in [0.5, 0.6) is 0 Å². The highest BCUT2D eigenvalue weighted by atomic mass is 35.5. The van der Waals surface area contributed by atoms with Crippen LogP contribution in [0.4, 0.5) is 0 Å². The lowest BCUT2D eigenvalue weighted by atomic mass is 9.92. The van der Waals surface area contributed by atoms with Crippen molar-refractivity contribution in [1.29, 1.82) is 5.41 Å². The Labute approximate surface area is 175 Å². The van der Waals surface area contributed by atoms with E-state index in [4.69, 9.17) is 27.7 Å². The van der Waals surface area contributed by atoms with Gasteiger partial charge in [0.2, 0.25) is 0 Å². The second kappa shape index (κ2) is 7.97. The highest BCUT2D eigenvalue weighted by Gasteiger charge is 2.22. The number of fused-ring (bicyclic) bond motifs is 1. The molecular formula is C22H25ClN6. The minimum atomic E-state index is 0.0637. The number of benzene rings is 1. The Hall–Kier alpha value is -2.70. The van der Waals surface area contributed by atoms with E-state index in [9.17, 15) is 0 Å². The quantitative estimate of drug-likeness (QED) is 0.698. The zero-order valence-corrected chi connectivity index (χ0v) is 17.4. The Kier molecular flexibility index (Phi) is 5.39. The van der Waals surface area contributed by atoms with Crippen molar-refractivity contribution >= 4 is 29.6 Å². The molecule has 0 unspecified atom stereocenters. The van der Waals surface area contributed by atoms with Crippen molar-refractivity contribution < 1.29 is 0 Å². The number of aromatic nitrogens is 2. The average molecular weight is 409 g/mol. The monoisotopic (exact) mass is 408 g/mol. The molecule has 7 heteroatoms. The van der Waals surface area contributed by atoms with E-state index in [1.54, 1.807) is 6.92 Å². The molecule has 0 aliphatic carbocycles. The summed E-state index contributed by atoms with van der Waals surface area (Å²) >= 11 is 6.48. The minimum absolute atomic E-state index is 0.0637. The molecule has 2 aliphatic rings. The fourth-order valence-corrected chi connectivity index (χ4v) is 4.09. The fourth-order valence-electron chi connectivity index (χ4n) is 3.87. The normalized spacial score (nSPS) is 18.2. The zero-order chi connectivity index (χ0) is 20.5. The van der Waals surface area contributed by atoms with Gasteiger partial charge < -0.3 is 16.0 Å². The van der Waals surface area contributed by atoms with Gasteiger partial charge in [0.25, 0.3) is 0 Å². The lowest BCUT2D eigenvalue weighted by Gasteiger charge is -2.31. The van der Waals surface area contributed by atoms with Gasteiger partial charge in [0.05, 0.1) is 11.4 Å². The molecule has 0 saturated carbocycles. The predicted octanol–water partition coefficient (Wildman–Crippen LogP) is 1.39. The second-order valence-corrected chi connectivity index (χ2v) is 8.10. The van der Waals surface area contributed by atoms with Crippen LogP contribution >= 0.6 is 11.6 Å². The molecule has 2 aromatic rings. The molecule has 0 atom stereocenters. The predicted molar refractivity (Wildman–Crippen MR) is 117 cm³/mol. The Morgan fingerprint density at radius 2 is 1.97 bits per heavy atom. The van der Waals surface area contributed by atoms with Gasteiger partial charge in [-0.3, -0.25) is 5.41 Å². The number of likely N-dealkylation sites (tertiary alicyclic amines) is 1. The summed E-state index contributed by atoms with van der Waals surface area (Å²) in [5, 5.41) is 13.7. The van der Waals surface area contributed by atoms with Gasteiger partial charge in [0.15, 0.2) is 5.49 Å². The number of hydrogen-bond donors (Lipinski definition) is 3. The number of halogens is 1. The van der Waals surface area contributed by atoms with Crippen LogP contribution in [0.25, 0.3) is 29.2 Å². The third-order valence-corrected chi connectivity index (χ3v) is 5.88. The molecule has 2 aliphatic heterocycles. The average Bonchev–Trinajstić information content (AvgIpc) is 2.84. The van der Waals surface area contributed by atoms with Gasteiger partial charge in [0, 0.05) is 39.3 Å². The summed E-state index contributed by atoms with van der Waals surface area (Å²) in [4.78, 5) is 11.6. The van der Waals surface area contributed by atoms with Crippen molar-refractivity contribution in [3.63, 3.8) is 0 Å². The number of nitrogens with two attached hydrogens (primary N) is 1. The zero-order valence-electron chi connectivity index (χ0n) is 16.7. The largest absolute Gasteiger partial charge is 0.400 e. The molecule has 0 bridgehead atoms. The van der Waals surface area contributed by atoms with Crippen molar-refractivity contribution in [2.45, 2.75) is 19.8 Å². The van der Waals surface area contributed by atoms with Crippen LogP contribution in [-0.4, -0.2) is 35.0 Å². The Bertz CT molecular complexity index is 1160. The van der Waals surface area contributed by atoms with Crippen LogP contribution in [-0.2, 0) is 0 Å². The minimum Gasteiger partial charge on any atom is -0.400 e. The molecule has 150 valence electrons. The molecule has 3 heterocycles. The molecule has 1 aromatic heterocycles. The smallest absolute Gasteiger partial charge is 0.173 e. The standard InChI is InChI=1S/C22H25ClN6/c1-13(24)20-22(25)27-19-11-18(14-7-9-29(2)10-8-14)26-12-16(19)21(28-20)15-5-3-4-6-17(15)23/h3-6,11-12,14,25-26H,7-10,24H2,1-2H3/b20-13+,25-22?. The van der Waals surface area contributed by atoms with E-state index in [1.807, 2.05) is 30.5 Å². The highest BCUT2D eigenvalue weighted by Crippen LogP contribution is 2.26. The molecule has 29 heavy (non-hydrogen) atoms. The Morgan fingerprint density at radius 3 is 2.66 bits per heavy atom. The highest BCUT2D eigenvalue weighted by molar-refractivity contribution is 6.33. The molecule has 0 spiro atoms. The molecule has 0 radical (unpaired) electrons. The van der Waals surface area contributed by atoms with Crippen molar-refractivity contribution in [2.75, 3.05) is 20.1 Å². The first-order chi connectivity index (χ1) is 13.9. The number of piperidine rings is 1.